The molecule has 1 aliphatic rings. The molecule has 1 aromatic rings. The molecule has 3 amide bonds. The highest BCUT2D eigenvalue weighted by Gasteiger charge is 2.29. The minimum Gasteiger partial charge on any atom is -0.444 e. The van der Waals surface area contributed by atoms with Crippen LogP contribution in [0.15, 0.2) is 10.6 Å². The van der Waals surface area contributed by atoms with Crippen molar-refractivity contribution in [2.24, 2.45) is 5.92 Å². The zero-order chi connectivity index (χ0) is 11.7. The number of nitrogens with zero attached hydrogens (tertiary/aromatic N) is 2. The number of amides is 3. The van der Waals surface area contributed by atoms with Crippen LogP contribution in [-0.4, -0.2) is 28.4 Å². The fourth-order valence-electron chi connectivity index (χ4n) is 1.58. The van der Waals surface area contributed by atoms with E-state index in [0.29, 0.717) is 18.2 Å². The number of carbonyl (C=O) groups is 2. The van der Waals surface area contributed by atoms with Crippen LogP contribution >= 0.6 is 0 Å². The Labute approximate surface area is 92.6 Å². The van der Waals surface area contributed by atoms with Gasteiger partial charge in [-0.25, -0.2) is 9.78 Å². The molecule has 0 spiro atoms. The Hall–Kier alpha value is -1.85. The highest BCUT2D eigenvalue weighted by Crippen LogP contribution is 2.12. The summed E-state index contributed by atoms with van der Waals surface area (Å²) >= 11 is 0. The number of urea groups is 1. The molecule has 0 aromatic carbocycles. The number of oxazole rings is 1. The molecule has 1 aromatic heterocycles. The molecule has 1 unspecified atom stereocenters. The third-order valence-electron chi connectivity index (χ3n) is 2.45. The normalized spacial score (nSPS) is 21.1. The second-order valence-electron chi connectivity index (χ2n) is 3.94. The van der Waals surface area contributed by atoms with Gasteiger partial charge in [0.2, 0.25) is 11.8 Å². The van der Waals surface area contributed by atoms with Gasteiger partial charge in [0.15, 0.2) is 0 Å². The molecule has 1 fully saturated rings. The molecule has 1 atom stereocenters. The van der Waals surface area contributed by atoms with Gasteiger partial charge in [0.05, 0.1) is 18.7 Å². The number of aromatic nitrogens is 1. The quantitative estimate of drug-likeness (QED) is 0.799. The van der Waals surface area contributed by atoms with E-state index in [1.807, 2.05) is 0 Å². The summed E-state index contributed by atoms with van der Waals surface area (Å²) in [6.45, 7) is 4.25. The van der Waals surface area contributed by atoms with E-state index in [-0.39, 0.29) is 24.4 Å². The second-order valence-corrected chi connectivity index (χ2v) is 3.94. The molecule has 0 saturated carbocycles. The topological polar surface area (TPSA) is 75.4 Å². The van der Waals surface area contributed by atoms with Crippen LogP contribution in [0.2, 0.25) is 0 Å². The van der Waals surface area contributed by atoms with Crippen LogP contribution in [0.4, 0.5) is 4.79 Å². The van der Waals surface area contributed by atoms with Crippen LogP contribution < -0.4 is 5.32 Å². The zero-order valence-electron chi connectivity index (χ0n) is 9.19. The SMILES string of the molecule is Cc1cnc(CN2CC(C)C(=O)NC2=O)o1. The van der Waals surface area contributed by atoms with Crippen molar-refractivity contribution >= 4 is 11.9 Å². The fraction of sp³-hybridized carbons (Fsp3) is 0.500. The molecule has 1 N–H and O–H groups in total. The highest BCUT2D eigenvalue weighted by molar-refractivity contribution is 5.97. The monoisotopic (exact) mass is 223 g/mol. The standard InChI is InChI=1S/C10H13N3O3/c1-6-4-13(10(15)12-9(6)14)5-8-11-3-7(2)16-8/h3,6H,4-5H2,1-2H3,(H,12,14,15). The molecule has 2 rings (SSSR count). The van der Waals surface area contributed by atoms with Crippen molar-refractivity contribution in [3.05, 3.63) is 17.8 Å². The van der Waals surface area contributed by atoms with Gasteiger partial charge in [-0.2, -0.15) is 0 Å². The van der Waals surface area contributed by atoms with E-state index in [1.165, 1.54) is 4.90 Å². The van der Waals surface area contributed by atoms with Gasteiger partial charge in [0.1, 0.15) is 5.76 Å². The van der Waals surface area contributed by atoms with E-state index in [2.05, 4.69) is 10.3 Å². The van der Waals surface area contributed by atoms with E-state index in [0.717, 1.165) is 0 Å². The first-order chi connectivity index (χ1) is 7.56. The zero-order valence-corrected chi connectivity index (χ0v) is 9.19. The largest absolute Gasteiger partial charge is 0.444 e. The maximum absolute atomic E-state index is 11.5. The van der Waals surface area contributed by atoms with Crippen molar-refractivity contribution in [3.8, 4) is 0 Å². The maximum atomic E-state index is 11.5. The Balaban J connectivity index is 2.04. The average Bonchev–Trinajstić information content (AvgIpc) is 2.60. The summed E-state index contributed by atoms with van der Waals surface area (Å²) in [5.74, 6) is 0.754. The number of rotatable bonds is 2. The molecule has 86 valence electrons. The average molecular weight is 223 g/mol. The summed E-state index contributed by atoms with van der Waals surface area (Å²) in [5.41, 5.74) is 0. The first-order valence-corrected chi connectivity index (χ1v) is 5.07. The van der Waals surface area contributed by atoms with Crippen molar-refractivity contribution in [2.45, 2.75) is 20.4 Å². The molecule has 6 nitrogen and oxygen atoms in total. The third kappa shape index (κ3) is 2.05. The summed E-state index contributed by atoms with van der Waals surface area (Å²) in [6, 6.07) is -0.390. The Morgan fingerprint density at radius 3 is 3.00 bits per heavy atom. The van der Waals surface area contributed by atoms with Crippen LogP contribution in [0.5, 0.6) is 0 Å². The van der Waals surface area contributed by atoms with E-state index < -0.39 is 0 Å². The lowest BCUT2D eigenvalue weighted by atomic mass is 10.1. The molecule has 1 saturated heterocycles. The molecule has 0 radical (unpaired) electrons. The Morgan fingerprint density at radius 1 is 1.62 bits per heavy atom. The van der Waals surface area contributed by atoms with Crippen LogP contribution in [-0.2, 0) is 11.3 Å². The molecular weight excluding hydrogens is 210 g/mol. The molecule has 0 bridgehead atoms. The van der Waals surface area contributed by atoms with E-state index in [9.17, 15) is 9.59 Å². The van der Waals surface area contributed by atoms with Crippen LogP contribution in [0, 0.1) is 12.8 Å². The summed E-state index contributed by atoms with van der Waals surface area (Å²) in [6.07, 6.45) is 1.60. The summed E-state index contributed by atoms with van der Waals surface area (Å²) in [7, 11) is 0. The summed E-state index contributed by atoms with van der Waals surface area (Å²) in [4.78, 5) is 28.2. The summed E-state index contributed by atoms with van der Waals surface area (Å²) < 4.78 is 5.28. The smallest absolute Gasteiger partial charge is 0.324 e. The van der Waals surface area contributed by atoms with Crippen molar-refractivity contribution < 1.29 is 14.0 Å². The van der Waals surface area contributed by atoms with Gasteiger partial charge in [0.25, 0.3) is 0 Å². The van der Waals surface area contributed by atoms with Crippen molar-refractivity contribution in [3.63, 3.8) is 0 Å². The number of carbonyl (C=O) groups excluding carboxylic acids is 2. The Morgan fingerprint density at radius 2 is 2.38 bits per heavy atom. The molecular formula is C10H13N3O3. The molecule has 6 heteroatoms. The third-order valence-corrected chi connectivity index (χ3v) is 2.45. The van der Waals surface area contributed by atoms with Gasteiger partial charge in [-0.1, -0.05) is 6.92 Å². The molecule has 16 heavy (non-hydrogen) atoms. The first-order valence-electron chi connectivity index (χ1n) is 5.07. The van der Waals surface area contributed by atoms with Crippen molar-refractivity contribution in [2.75, 3.05) is 6.54 Å². The van der Waals surface area contributed by atoms with E-state index in [4.69, 9.17) is 4.42 Å². The van der Waals surface area contributed by atoms with Crippen LogP contribution in [0.25, 0.3) is 0 Å². The predicted molar refractivity (Wildman–Crippen MR) is 54.4 cm³/mol. The number of hydrogen-bond donors (Lipinski definition) is 1. The predicted octanol–water partition coefficient (Wildman–Crippen LogP) is 0.671. The van der Waals surface area contributed by atoms with Crippen molar-refractivity contribution in [1.82, 2.24) is 15.2 Å². The van der Waals surface area contributed by atoms with Crippen LogP contribution in [0.1, 0.15) is 18.6 Å². The minimum absolute atomic E-state index is 0.200. The first kappa shape index (κ1) is 10.7. The Bertz CT molecular complexity index is 427. The lowest BCUT2D eigenvalue weighted by Crippen LogP contribution is -2.53. The van der Waals surface area contributed by atoms with Gasteiger partial charge in [-0.05, 0) is 6.92 Å². The van der Waals surface area contributed by atoms with Gasteiger partial charge in [0, 0.05) is 6.54 Å². The van der Waals surface area contributed by atoms with Gasteiger partial charge >= 0.3 is 6.03 Å². The van der Waals surface area contributed by atoms with Crippen molar-refractivity contribution in [1.29, 1.82) is 0 Å². The van der Waals surface area contributed by atoms with Gasteiger partial charge in [-0.15, -0.1) is 0 Å². The highest BCUT2D eigenvalue weighted by atomic mass is 16.4. The van der Waals surface area contributed by atoms with Gasteiger partial charge < -0.3 is 9.32 Å². The second kappa shape index (κ2) is 3.96. The maximum Gasteiger partial charge on any atom is 0.324 e. The fourth-order valence-corrected chi connectivity index (χ4v) is 1.58. The van der Waals surface area contributed by atoms with Crippen LogP contribution in [0.3, 0.4) is 0 Å². The van der Waals surface area contributed by atoms with E-state index in [1.54, 1.807) is 20.0 Å². The number of nitrogens with one attached hydrogen (secondary N) is 1. The number of imide groups is 1. The molecule has 2 heterocycles. The van der Waals surface area contributed by atoms with E-state index >= 15 is 0 Å². The number of hydrogen-bond acceptors (Lipinski definition) is 4. The van der Waals surface area contributed by atoms with Gasteiger partial charge in [-0.3, -0.25) is 10.1 Å². The summed E-state index contributed by atoms with van der Waals surface area (Å²) in [5, 5.41) is 2.28. The Kier molecular flexibility index (Phi) is 2.64. The molecule has 1 aliphatic heterocycles. The lowest BCUT2D eigenvalue weighted by molar-refractivity contribution is -0.125. The molecule has 0 aliphatic carbocycles. The minimum atomic E-state index is -0.390. The number of aryl methyl sites for hydroxylation is 1. The lowest BCUT2D eigenvalue weighted by Gasteiger charge is -2.29.